The Morgan fingerprint density at radius 2 is 1.00 bits per heavy atom. The molecule has 0 atom stereocenters. The van der Waals surface area contributed by atoms with E-state index < -0.39 is 11.1 Å². The normalized spacial score (nSPS) is 11.5. The van der Waals surface area contributed by atoms with E-state index >= 15 is 0 Å². The smallest absolute Gasteiger partial charge is 0.319 e. The van der Waals surface area contributed by atoms with Crippen LogP contribution in [0.5, 0.6) is 0 Å². The number of amides is 4. The zero-order valence-corrected chi connectivity index (χ0v) is 21.0. The fourth-order valence-corrected chi connectivity index (χ4v) is 3.85. The molecule has 34 heavy (non-hydrogen) atoms. The van der Waals surface area contributed by atoms with Gasteiger partial charge in [0.15, 0.2) is 0 Å². The number of anilines is 2. The zero-order valence-electron chi connectivity index (χ0n) is 19.5. The van der Waals surface area contributed by atoms with Crippen molar-refractivity contribution in [2.75, 3.05) is 10.6 Å². The minimum absolute atomic E-state index is 0.351. The molecule has 0 bridgehead atoms. The van der Waals surface area contributed by atoms with Gasteiger partial charge in [0.25, 0.3) is 0 Å². The molecule has 0 aliphatic rings. The Morgan fingerprint density at radius 1 is 0.618 bits per heavy atom. The quantitative estimate of drug-likeness (QED) is 0.292. The number of rotatable bonds is 6. The maximum absolute atomic E-state index is 12.6. The SMILES string of the molecule is CC(C)(NC(=O)Nc1cccc(Cl)c1)c1cccc(C(C)(C)NC(=O)Nc2cccc(Cl)c2)c1. The molecule has 4 amide bonds. The van der Waals surface area contributed by atoms with Gasteiger partial charge in [-0.3, -0.25) is 0 Å². The van der Waals surface area contributed by atoms with E-state index in [1.807, 2.05) is 52.0 Å². The van der Waals surface area contributed by atoms with Crippen LogP contribution in [-0.4, -0.2) is 12.1 Å². The molecule has 8 heteroatoms. The molecule has 0 heterocycles. The Morgan fingerprint density at radius 3 is 1.38 bits per heavy atom. The van der Waals surface area contributed by atoms with Gasteiger partial charge in [-0.15, -0.1) is 0 Å². The minimum atomic E-state index is -0.683. The third-order valence-electron chi connectivity index (χ3n) is 5.32. The Labute approximate surface area is 210 Å². The Hall–Kier alpha value is -3.22. The number of benzene rings is 3. The molecule has 3 aromatic rings. The zero-order chi connectivity index (χ0) is 24.9. The Kier molecular flexibility index (Phi) is 7.75. The third kappa shape index (κ3) is 6.89. The van der Waals surface area contributed by atoms with Crippen LogP contribution in [0.3, 0.4) is 0 Å². The standard InChI is InChI=1S/C26H28Cl2N4O2/c1-25(2,31-23(33)29-21-12-6-10-19(27)15-21)17-8-5-9-18(14-17)26(3,4)32-24(34)30-22-13-7-11-20(28)16-22/h5-16H,1-4H3,(H2,29,31,33)(H2,30,32,34). The maximum Gasteiger partial charge on any atom is 0.319 e. The van der Waals surface area contributed by atoms with Crippen molar-refractivity contribution in [3.63, 3.8) is 0 Å². The Balaban J connectivity index is 1.70. The van der Waals surface area contributed by atoms with Crippen molar-refractivity contribution in [1.29, 1.82) is 0 Å². The maximum atomic E-state index is 12.6. The van der Waals surface area contributed by atoms with Crippen LogP contribution in [-0.2, 0) is 11.1 Å². The molecule has 0 radical (unpaired) electrons. The molecule has 0 saturated carbocycles. The second-order valence-corrected chi connectivity index (χ2v) is 9.88. The van der Waals surface area contributed by atoms with Crippen LogP contribution in [0.25, 0.3) is 0 Å². The lowest BCUT2D eigenvalue weighted by Gasteiger charge is -2.31. The van der Waals surface area contributed by atoms with E-state index in [4.69, 9.17) is 23.2 Å². The minimum Gasteiger partial charge on any atom is -0.329 e. The van der Waals surface area contributed by atoms with Gasteiger partial charge in [0.2, 0.25) is 0 Å². The number of carbonyl (C=O) groups is 2. The number of nitrogens with one attached hydrogen (secondary N) is 4. The van der Waals surface area contributed by atoms with E-state index in [2.05, 4.69) is 21.3 Å². The van der Waals surface area contributed by atoms with Gasteiger partial charge in [-0.05, 0) is 75.2 Å². The van der Waals surface area contributed by atoms with E-state index in [1.54, 1.807) is 48.5 Å². The van der Waals surface area contributed by atoms with Gasteiger partial charge < -0.3 is 21.3 Å². The van der Waals surface area contributed by atoms with Crippen LogP contribution in [0.15, 0.2) is 72.8 Å². The first-order chi connectivity index (χ1) is 15.9. The summed E-state index contributed by atoms with van der Waals surface area (Å²) in [6.45, 7) is 7.65. The highest BCUT2D eigenvalue weighted by molar-refractivity contribution is 6.31. The van der Waals surface area contributed by atoms with Gasteiger partial charge in [-0.25, -0.2) is 9.59 Å². The monoisotopic (exact) mass is 498 g/mol. The number of urea groups is 2. The molecule has 0 unspecified atom stereocenters. The number of halogens is 2. The van der Waals surface area contributed by atoms with Crippen LogP contribution in [0, 0.1) is 0 Å². The predicted octanol–water partition coefficient (Wildman–Crippen LogP) is 7.11. The lowest BCUT2D eigenvalue weighted by Crippen LogP contribution is -2.45. The number of hydrogen-bond donors (Lipinski definition) is 4. The molecule has 0 aliphatic heterocycles. The highest BCUT2D eigenvalue weighted by atomic mass is 35.5. The van der Waals surface area contributed by atoms with Crippen molar-refractivity contribution in [2.45, 2.75) is 38.8 Å². The summed E-state index contributed by atoms with van der Waals surface area (Å²) in [6, 6.07) is 21.0. The second kappa shape index (κ2) is 10.4. The van der Waals surface area contributed by atoms with Crippen molar-refractivity contribution in [3.05, 3.63) is 94.0 Å². The molecule has 6 nitrogen and oxygen atoms in total. The topological polar surface area (TPSA) is 82.3 Å². The predicted molar refractivity (Wildman–Crippen MR) is 140 cm³/mol. The van der Waals surface area contributed by atoms with Gasteiger partial charge in [-0.1, -0.05) is 59.6 Å². The average Bonchev–Trinajstić information content (AvgIpc) is 2.73. The summed E-state index contributed by atoms with van der Waals surface area (Å²) in [5, 5.41) is 12.7. The van der Waals surface area contributed by atoms with E-state index in [0.717, 1.165) is 11.1 Å². The molecular formula is C26H28Cl2N4O2. The molecule has 0 spiro atoms. The molecule has 3 rings (SSSR count). The fourth-order valence-electron chi connectivity index (χ4n) is 3.47. The van der Waals surface area contributed by atoms with Crippen LogP contribution < -0.4 is 21.3 Å². The third-order valence-corrected chi connectivity index (χ3v) is 5.79. The van der Waals surface area contributed by atoms with Crippen molar-refractivity contribution in [2.24, 2.45) is 0 Å². The molecule has 178 valence electrons. The Bertz CT molecular complexity index is 1110. The van der Waals surface area contributed by atoms with Crippen LogP contribution >= 0.6 is 23.2 Å². The van der Waals surface area contributed by atoms with Gasteiger partial charge in [0, 0.05) is 21.4 Å². The molecule has 3 aromatic carbocycles. The molecule has 0 fully saturated rings. The van der Waals surface area contributed by atoms with Crippen molar-refractivity contribution in [1.82, 2.24) is 10.6 Å². The summed E-state index contributed by atoms with van der Waals surface area (Å²) in [5.41, 5.74) is 1.61. The van der Waals surface area contributed by atoms with Crippen LogP contribution in [0.1, 0.15) is 38.8 Å². The first kappa shape index (κ1) is 25.4. The summed E-state index contributed by atoms with van der Waals surface area (Å²) in [7, 11) is 0. The molecule has 4 N–H and O–H groups in total. The van der Waals surface area contributed by atoms with Gasteiger partial charge in [-0.2, -0.15) is 0 Å². The highest BCUT2D eigenvalue weighted by Gasteiger charge is 2.27. The van der Waals surface area contributed by atoms with Crippen molar-refractivity contribution >= 4 is 46.6 Å². The van der Waals surface area contributed by atoms with Gasteiger partial charge in [0.1, 0.15) is 0 Å². The lowest BCUT2D eigenvalue weighted by molar-refractivity contribution is 0.241. The first-order valence-electron chi connectivity index (χ1n) is 10.8. The number of hydrogen-bond acceptors (Lipinski definition) is 2. The average molecular weight is 499 g/mol. The highest BCUT2D eigenvalue weighted by Crippen LogP contribution is 2.27. The summed E-state index contributed by atoms with van der Waals surface area (Å²) < 4.78 is 0. The summed E-state index contributed by atoms with van der Waals surface area (Å²) in [5.74, 6) is 0. The van der Waals surface area contributed by atoms with Crippen molar-refractivity contribution < 1.29 is 9.59 Å². The van der Waals surface area contributed by atoms with Crippen molar-refractivity contribution in [3.8, 4) is 0 Å². The van der Waals surface area contributed by atoms with Gasteiger partial charge >= 0.3 is 12.1 Å². The molecule has 0 aliphatic carbocycles. The van der Waals surface area contributed by atoms with Gasteiger partial charge in [0.05, 0.1) is 11.1 Å². The molecule has 0 aromatic heterocycles. The fraction of sp³-hybridized carbons (Fsp3) is 0.231. The number of carbonyl (C=O) groups excluding carboxylic acids is 2. The van der Waals surface area contributed by atoms with E-state index in [0.29, 0.717) is 21.4 Å². The second-order valence-electron chi connectivity index (χ2n) is 9.01. The summed E-state index contributed by atoms with van der Waals surface area (Å²) in [6.07, 6.45) is 0. The van der Waals surface area contributed by atoms with E-state index in [-0.39, 0.29) is 12.1 Å². The van der Waals surface area contributed by atoms with E-state index in [1.165, 1.54) is 0 Å². The first-order valence-corrected chi connectivity index (χ1v) is 11.5. The molecular weight excluding hydrogens is 471 g/mol. The summed E-state index contributed by atoms with van der Waals surface area (Å²) >= 11 is 12.0. The molecule has 0 saturated heterocycles. The largest absolute Gasteiger partial charge is 0.329 e. The van der Waals surface area contributed by atoms with Crippen LogP contribution in [0.4, 0.5) is 21.0 Å². The van der Waals surface area contributed by atoms with E-state index in [9.17, 15) is 9.59 Å². The summed E-state index contributed by atoms with van der Waals surface area (Å²) in [4.78, 5) is 25.2. The lowest BCUT2D eigenvalue weighted by atomic mass is 9.87. The van der Waals surface area contributed by atoms with Crippen LogP contribution in [0.2, 0.25) is 10.0 Å².